The van der Waals surface area contributed by atoms with Crippen LogP contribution in [0.15, 0.2) is 24.3 Å². The predicted octanol–water partition coefficient (Wildman–Crippen LogP) is 3.12. The maximum atomic E-state index is 12.8. The van der Waals surface area contributed by atoms with Crippen molar-refractivity contribution in [1.82, 2.24) is 25.8 Å². The number of nitrogens with zero attached hydrogens (tertiary/aromatic N) is 3. The number of halogens is 4. The number of nitrogens with two attached hydrogens (primary N) is 1. The number of carbonyl (C=O) groups excluding carboxylic acids is 3. The predicted molar refractivity (Wildman–Crippen MR) is 151 cm³/mol. The number of nitrogens with one attached hydrogen (secondary N) is 3. The van der Waals surface area contributed by atoms with E-state index in [1.807, 2.05) is 11.4 Å². The van der Waals surface area contributed by atoms with E-state index in [1.54, 1.807) is 23.1 Å². The minimum absolute atomic E-state index is 0.140. The zero-order valence-corrected chi connectivity index (χ0v) is 23.6. The quantitative estimate of drug-likeness (QED) is 0.221. The van der Waals surface area contributed by atoms with E-state index >= 15 is 0 Å². The molecule has 5 amide bonds. The monoisotopic (exact) mass is 621 g/mol. The molecule has 39 heavy (non-hydrogen) atoms. The largest absolute Gasteiger partial charge is 0.480 e. The number of alkyl halides is 3. The Balaban J connectivity index is 1.45. The number of nitrogen functional groups attached to an aromatic ring is 1. The van der Waals surface area contributed by atoms with E-state index in [4.69, 9.17) is 52.1 Å². The average Bonchev–Trinajstić information content (AvgIpc) is 2.86. The number of aromatic nitrogens is 1. The average molecular weight is 623 g/mol. The Bertz CT molecular complexity index is 1230. The Morgan fingerprint density at radius 1 is 1.08 bits per heavy atom. The van der Waals surface area contributed by atoms with Crippen molar-refractivity contribution in [3.63, 3.8) is 0 Å². The molecule has 1 aromatic carbocycles. The van der Waals surface area contributed by atoms with Gasteiger partial charge in [0.2, 0.25) is 0 Å². The van der Waals surface area contributed by atoms with Gasteiger partial charge in [0.05, 0.1) is 5.52 Å². The number of anilines is 2. The van der Waals surface area contributed by atoms with Crippen molar-refractivity contribution in [2.75, 3.05) is 43.4 Å². The fraction of sp³-hybridized carbons (Fsp3) is 0.435. The molecule has 0 bridgehead atoms. The summed E-state index contributed by atoms with van der Waals surface area (Å²) in [4.78, 5) is 55.5. The summed E-state index contributed by atoms with van der Waals surface area (Å²) in [6.45, 7) is 1.92. The summed E-state index contributed by atoms with van der Waals surface area (Å²) in [6, 6.07) is 4.74. The number of benzene rings is 1. The van der Waals surface area contributed by atoms with Gasteiger partial charge in [0, 0.05) is 54.9 Å². The molecule has 1 atom stereocenters. The van der Waals surface area contributed by atoms with Gasteiger partial charge in [0.1, 0.15) is 11.9 Å². The first-order chi connectivity index (χ1) is 18.3. The number of piperazine rings is 1. The smallest absolute Gasteiger partial charge is 0.326 e. The van der Waals surface area contributed by atoms with Crippen LogP contribution in [0.1, 0.15) is 19.3 Å². The molecule has 1 saturated heterocycles. The summed E-state index contributed by atoms with van der Waals surface area (Å²) in [5.74, 6) is -1.91. The summed E-state index contributed by atoms with van der Waals surface area (Å²) >= 11 is 22.2. The molecule has 6 N–H and O–H groups in total. The molecule has 2 aromatic rings. The first-order valence-corrected chi connectivity index (χ1v) is 13.4. The highest BCUT2D eigenvalue weighted by atomic mass is 35.6. The summed E-state index contributed by atoms with van der Waals surface area (Å²) in [5, 5.41) is 17.8. The number of pyridine rings is 1. The number of imide groups is 1. The lowest BCUT2D eigenvalue weighted by Crippen LogP contribution is -2.54. The standard InChI is InChI=1S/C23H27Cl4N7O5/c24-13-4-5-14-16(11-13)30-18(28)12-17(14)33-7-9-34(10-8-33)22(39)31-15(19(35)36)3-1-2-6-29-21(38)32-20(37)23(25,26)27/h4-5,11-12,15H,1-3,6-10H2,(H2,28,30)(H,31,39)(H,35,36)(H2,29,32,37,38)/t15-/m0/s1. The van der Waals surface area contributed by atoms with Crippen molar-refractivity contribution in [3.05, 3.63) is 29.3 Å². The van der Waals surface area contributed by atoms with Gasteiger partial charge in [-0.25, -0.2) is 19.4 Å². The Labute approximate surface area is 244 Å². The number of unbranched alkanes of at least 4 members (excludes halogenated alkanes) is 1. The van der Waals surface area contributed by atoms with Crippen molar-refractivity contribution in [3.8, 4) is 0 Å². The third-order valence-electron chi connectivity index (χ3n) is 5.96. The van der Waals surface area contributed by atoms with Gasteiger partial charge >= 0.3 is 18.0 Å². The summed E-state index contributed by atoms with van der Waals surface area (Å²) in [5.41, 5.74) is 7.55. The van der Waals surface area contributed by atoms with Crippen LogP contribution in [0.2, 0.25) is 5.02 Å². The van der Waals surface area contributed by atoms with Gasteiger partial charge in [0.25, 0.3) is 9.70 Å². The van der Waals surface area contributed by atoms with Gasteiger partial charge in [-0.3, -0.25) is 10.1 Å². The van der Waals surface area contributed by atoms with Crippen LogP contribution >= 0.6 is 46.4 Å². The fourth-order valence-electron chi connectivity index (χ4n) is 4.01. The first kappa shape index (κ1) is 30.6. The molecule has 1 aliphatic heterocycles. The number of hydrogen-bond acceptors (Lipinski definition) is 7. The van der Waals surface area contributed by atoms with Crippen LogP contribution in [0.25, 0.3) is 10.9 Å². The van der Waals surface area contributed by atoms with Gasteiger partial charge < -0.3 is 31.3 Å². The number of aliphatic carboxylic acids is 1. The van der Waals surface area contributed by atoms with E-state index < -0.39 is 33.8 Å². The van der Waals surface area contributed by atoms with E-state index in [1.165, 1.54) is 0 Å². The second-order valence-electron chi connectivity index (χ2n) is 8.75. The number of urea groups is 2. The van der Waals surface area contributed by atoms with Gasteiger partial charge in [-0.1, -0.05) is 46.4 Å². The number of hydrogen-bond donors (Lipinski definition) is 5. The van der Waals surface area contributed by atoms with Crippen LogP contribution in [-0.4, -0.2) is 81.5 Å². The highest BCUT2D eigenvalue weighted by Crippen LogP contribution is 2.30. The molecule has 0 spiro atoms. The zero-order valence-electron chi connectivity index (χ0n) is 20.6. The Morgan fingerprint density at radius 3 is 2.41 bits per heavy atom. The molecular formula is C23H27Cl4N7O5. The van der Waals surface area contributed by atoms with Crippen molar-refractivity contribution in [2.45, 2.75) is 29.1 Å². The molecule has 2 heterocycles. The van der Waals surface area contributed by atoms with Crippen LogP contribution in [0, 0.1) is 0 Å². The van der Waals surface area contributed by atoms with E-state index in [2.05, 4.69) is 20.5 Å². The van der Waals surface area contributed by atoms with Gasteiger partial charge in [0.15, 0.2) is 0 Å². The fourth-order valence-corrected chi connectivity index (χ4v) is 4.31. The highest BCUT2D eigenvalue weighted by Gasteiger charge is 2.32. The summed E-state index contributed by atoms with van der Waals surface area (Å²) in [6.07, 6.45) is 0.911. The first-order valence-electron chi connectivity index (χ1n) is 11.9. The van der Waals surface area contributed by atoms with Crippen LogP contribution in [0.5, 0.6) is 0 Å². The van der Waals surface area contributed by atoms with E-state index in [-0.39, 0.29) is 13.0 Å². The van der Waals surface area contributed by atoms with Crippen LogP contribution in [-0.2, 0) is 9.59 Å². The Kier molecular flexibility index (Phi) is 10.5. The highest BCUT2D eigenvalue weighted by molar-refractivity contribution is 6.76. The Morgan fingerprint density at radius 2 is 1.77 bits per heavy atom. The van der Waals surface area contributed by atoms with Crippen molar-refractivity contribution >= 4 is 92.8 Å². The maximum absolute atomic E-state index is 12.8. The van der Waals surface area contributed by atoms with Crippen LogP contribution < -0.4 is 26.6 Å². The van der Waals surface area contributed by atoms with Crippen molar-refractivity contribution < 1.29 is 24.3 Å². The minimum Gasteiger partial charge on any atom is -0.480 e. The molecule has 0 unspecified atom stereocenters. The topological polar surface area (TPSA) is 170 Å². The zero-order chi connectivity index (χ0) is 28.7. The SMILES string of the molecule is Nc1cc(N2CCN(C(=O)N[C@@H](CCCCNC(=O)NC(=O)C(Cl)(Cl)Cl)C(=O)O)CC2)c2ccc(Cl)cc2n1. The number of amides is 5. The molecule has 0 radical (unpaired) electrons. The normalized spacial score (nSPS) is 14.6. The van der Waals surface area contributed by atoms with Crippen molar-refractivity contribution in [2.24, 2.45) is 0 Å². The third-order valence-corrected chi connectivity index (χ3v) is 6.71. The molecule has 1 aliphatic rings. The molecule has 1 aromatic heterocycles. The van der Waals surface area contributed by atoms with Gasteiger partial charge in [-0.05, 0) is 37.5 Å². The number of fused-ring (bicyclic) bond motifs is 1. The second kappa shape index (κ2) is 13.4. The second-order valence-corrected chi connectivity index (χ2v) is 11.5. The maximum Gasteiger partial charge on any atom is 0.326 e. The molecule has 212 valence electrons. The van der Waals surface area contributed by atoms with E-state index in [9.17, 15) is 24.3 Å². The number of carbonyl (C=O) groups is 4. The molecule has 0 aliphatic carbocycles. The Hall–Kier alpha value is -2.93. The van der Waals surface area contributed by atoms with Crippen LogP contribution in [0.4, 0.5) is 21.1 Å². The third kappa shape index (κ3) is 8.79. The number of carboxylic acids is 1. The van der Waals surface area contributed by atoms with Crippen molar-refractivity contribution in [1.29, 1.82) is 0 Å². The molecular weight excluding hydrogens is 596 g/mol. The van der Waals surface area contributed by atoms with E-state index in [0.717, 1.165) is 11.1 Å². The molecule has 3 rings (SSSR count). The lowest BCUT2D eigenvalue weighted by molar-refractivity contribution is -0.139. The summed E-state index contributed by atoms with van der Waals surface area (Å²) < 4.78 is -2.27. The van der Waals surface area contributed by atoms with E-state index in [0.29, 0.717) is 55.4 Å². The molecule has 0 saturated carbocycles. The number of rotatable bonds is 8. The lowest BCUT2D eigenvalue weighted by atomic mass is 10.1. The minimum atomic E-state index is -2.27. The molecule has 16 heteroatoms. The van der Waals surface area contributed by atoms with Gasteiger partial charge in [-0.15, -0.1) is 0 Å². The summed E-state index contributed by atoms with van der Waals surface area (Å²) in [7, 11) is 0. The lowest BCUT2D eigenvalue weighted by Gasteiger charge is -2.37. The van der Waals surface area contributed by atoms with Gasteiger partial charge in [-0.2, -0.15) is 0 Å². The number of carboxylic acid groups (broad SMARTS) is 1. The van der Waals surface area contributed by atoms with Crippen LogP contribution in [0.3, 0.4) is 0 Å². The molecule has 12 nitrogen and oxygen atoms in total. The molecule has 1 fully saturated rings.